The molecule has 1 aromatic rings. The van der Waals surface area contributed by atoms with Crippen LogP contribution in [0.15, 0.2) is 12.1 Å². The molecule has 0 bridgehead atoms. The highest BCUT2D eigenvalue weighted by Crippen LogP contribution is 2.11. The second-order valence-electron chi connectivity index (χ2n) is 4.30. The van der Waals surface area contributed by atoms with Crippen molar-refractivity contribution in [3.05, 3.63) is 23.5 Å². The molecular weight excluding hydrogens is 158 g/mol. The molecule has 0 saturated carbocycles. The summed E-state index contributed by atoms with van der Waals surface area (Å²) in [4.78, 5) is 0. The first-order valence-corrected chi connectivity index (χ1v) is 5.24. The Morgan fingerprint density at radius 1 is 1.15 bits per heavy atom. The zero-order valence-electron chi connectivity index (χ0n) is 9.30. The highest BCUT2D eigenvalue weighted by molar-refractivity contribution is 5.13. The molecule has 0 amide bonds. The molecule has 1 heteroatoms. The van der Waals surface area contributed by atoms with Crippen molar-refractivity contribution in [2.24, 2.45) is 5.92 Å². The van der Waals surface area contributed by atoms with Gasteiger partial charge in [-0.15, -0.1) is 0 Å². The van der Waals surface area contributed by atoms with Crippen LogP contribution in [0.25, 0.3) is 0 Å². The van der Waals surface area contributed by atoms with Crippen LogP contribution in [0.2, 0.25) is 0 Å². The summed E-state index contributed by atoms with van der Waals surface area (Å²) in [7, 11) is 0. The number of aromatic nitrogens is 1. The van der Waals surface area contributed by atoms with E-state index in [9.17, 15) is 0 Å². The summed E-state index contributed by atoms with van der Waals surface area (Å²) in [5.41, 5.74) is 2.78. The summed E-state index contributed by atoms with van der Waals surface area (Å²) >= 11 is 0. The van der Waals surface area contributed by atoms with Crippen LogP contribution in [0.5, 0.6) is 0 Å². The van der Waals surface area contributed by atoms with Crippen molar-refractivity contribution in [1.29, 1.82) is 0 Å². The Kier molecular flexibility index (Phi) is 3.58. The van der Waals surface area contributed by atoms with Gasteiger partial charge in [-0.1, -0.05) is 13.8 Å². The lowest BCUT2D eigenvalue weighted by atomic mass is 10.1. The maximum Gasteiger partial charge on any atom is 0.0224 e. The minimum Gasteiger partial charge on any atom is -0.349 e. The molecule has 0 atom stereocenters. The molecule has 0 spiro atoms. The summed E-state index contributed by atoms with van der Waals surface area (Å²) in [5, 5.41) is 0. The van der Waals surface area contributed by atoms with Crippen LogP contribution in [0.1, 0.15) is 38.1 Å². The molecule has 13 heavy (non-hydrogen) atoms. The molecular formula is C12H21N. The summed E-state index contributed by atoms with van der Waals surface area (Å²) < 4.78 is 2.41. The van der Waals surface area contributed by atoms with Gasteiger partial charge in [0.15, 0.2) is 0 Å². The Labute approximate surface area is 81.8 Å². The van der Waals surface area contributed by atoms with Crippen LogP contribution >= 0.6 is 0 Å². The third kappa shape index (κ3) is 2.91. The molecule has 0 aliphatic heterocycles. The highest BCUT2D eigenvalue weighted by atomic mass is 15.0. The second kappa shape index (κ2) is 4.50. The van der Waals surface area contributed by atoms with E-state index in [1.54, 1.807) is 0 Å². The molecule has 1 heterocycles. The lowest BCUT2D eigenvalue weighted by molar-refractivity contribution is 0.505. The molecule has 0 radical (unpaired) electrons. The van der Waals surface area contributed by atoms with Crippen molar-refractivity contribution in [2.75, 3.05) is 0 Å². The average molecular weight is 179 g/mol. The molecule has 0 aromatic carbocycles. The first kappa shape index (κ1) is 10.4. The van der Waals surface area contributed by atoms with Gasteiger partial charge in [0.25, 0.3) is 0 Å². The summed E-state index contributed by atoms with van der Waals surface area (Å²) in [6.45, 7) is 10.1. The molecule has 0 aliphatic carbocycles. The highest BCUT2D eigenvalue weighted by Gasteiger charge is 2.00. The third-order valence-corrected chi connectivity index (χ3v) is 2.58. The summed E-state index contributed by atoms with van der Waals surface area (Å²) in [5.74, 6) is 0.830. The normalized spacial score (nSPS) is 11.2. The fraction of sp³-hybridized carbons (Fsp3) is 0.667. The minimum absolute atomic E-state index is 0.830. The average Bonchev–Trinajstić information content (AvgIpc) is 2.34. The van der Waals surface area contributed by atoms with E-state index in [4.69, 9.17) is 0 Å². The Morgan fingerprint density at radius 3 is 2.15 bits per heavy atom. The van der Waals surface area contributed by atoms with Crippen LogP contribution in [-0.4, -0.2) is 4.57 Å². The van der Waals surface area contributed by atoms with Crippen molar-refractivity contribution in [3.63, 3.8) is 0 Å². The zero-order chi connectivity index (χ0) is 9.84. The first-order valence-electron chi connectivity index (χ1n) is 5.24. The van der Waals surface area contributed by atoms with Gasteiger partial charge in [0, 0.05) is 17.9 Å². The van der Waals surface area contributed by atoms with E-state index in [1.165, 1.54) is 30.8 Å². The Hall–Kier alpha value is -0.720. The van der Waals surface area contributed by atoms with Gasteiger partial charge in [-0.25, -0.2) is 0 Å². The van der Waals surface area contributed by atoms with Gasteiger partial charge in [-0.3, -0.25) is 0 Å². The van der Waals surface area contributed by atoms with Crippen LogP contribution in [0, 0.1) is 19.8 Å². The fourth-order valence-corrected chi connectivity index (χ4v) is 1.71. The van der Waals surface area contributed by atoms with Gasteiger partial charge < -0.3 is 4.57 Å². The van der Waals surface area contributed by atoms with Gasteiger partial charge in [0.05, 0.1) is 0 Å². The predicted octanol–water partition coefficient (Wildman–Crippen LogP) is 3.54. The number of hydrogen-bond donors (Lipinski definition) is 0. The fourth-order valence-electron chi connectivity index (χ4n) is 1.71. The first-order chi connectivity index (χ1) is 6.11. The number of aryl methyl sites for hydroxylation is 2. The van der Waals surface area contributed by atoms with Crippen LogP contribution in [0.4, 0.5) is 0 Å². The largest absolute Gasteiger partial charge is 0.349 e. The van der Waals surface area contributed by atoms with Gasteiger partial charge >= 0.3 is 0 Å². The van der Waals surface area contributed by atoms with Gasteiger partial charge in [-0.05, 0) is 44.7 Å². The van der Waals surface area contributed by atoms with Crippen molar-refractivity contribution >= 4 is 0 Å². The molecule has 74 valence electrons. The van der Waals surface area contributed by atoms with E-state index in [2.05, 4.69) is 44.4 Å². The maximum absolute atomic E-state index is 2.41. The lowest BCUT2D eigenvalue weighted by Gasteiger charge is -2.10. The van der Waals surface area contributed by atoms with Gasteiger partial charge in [-0.2, -0.15) is 0 Å². The van der Waals surface area contributed by atoms with Crippen molar-refractivity contribution < 1.29 is 0 Å². The molecule has 0 aliphatic rings. The smallest absolute Gasteiger partial charge is 0.0224 e. The molecule has 0 N–H and O–H groups in total. The monoisotopic (exact) mass is 179 g/mol. The molecule has 1 nitrogen and oxygen atoms in total. The van der Waals surface area contributed by atoms with E-state index < -0.39 is 0 Å². The van der Waals surface area contributed by atoms with Crippen molar-refractivity contribution in [1.82, 2.24) is 4.57 Å². The van der Waals surface area contributed by atoms with Crippen molar-refractivity contribution in [3.8, 4) is 0 Å². The lowest BCUT2D eigenvalue weighted by Crippen LogP contribution is -2.03. The molecule has 0 saturated heterocycles. The van der Waals surface area contributed by atoms with E-state index in [-0.39, 0.29) is 0 Å². The van der Waals surface area contributed by atoms with Crippen molar-refractivity contribution in [2.45, 2.75) is 47.1 Å². The number of hydrogen-bond acceptors (Lipinski definition) is 0. The second-order valence-corrected chi connectivity index (χ2v) is 4.30. The molecule has 1 rings (SSSR count). The summed E-state index contributed by atoms with van der Waals surface area (Å²) in [6, 6.07) is 4.40. The van der Waals surface area contributed by atoms with E-state index in [0.29, 0.717) is 0 Å². The molecule has 0 unspecified atom stereocenters. The van der Waals surface area contributed by atoms with E-state index in [0.717, 1.165) is 5.92 Å². The number of nitrogens with zero attached hydrogens (tertiary/aromatic N) is 1. The maximum atomic E-state index is 2.41. The van der Waals surface area contributed by atoms with E-state index in [1.807, 2.05) is 0 Å². The minimum atomic E-state index is 0.830. The quantitative estimate of drug-likeness (QED) is 0.666. The predicted molar refractivity (Wildman–Crippen MR) is 58.0 cm³/mol. The summed E-state index contributed by atoms with van der Waals surface area (Å²) in [6.07, 6.45) is 2.63. The third-order valence-electron chi connectivity index (χ3n) is 2.58. The van der Waals surface area contributed by atoms with Gasteiger partial charge in [0.2, 0.25) is 0 Å². The van der Waals surface area contributed by atoms with Crippen LogP contribution in [-0.2, 0) is 6.54 Å². The number of rotatable bonds is 4. The van der Waals surface area contributed by atoms with Gasteiger partial charge in [0.1, 0.15) is 0 Å². The molecule has 1 aromatic heterocycles. The van der Waals surface area contributed by atoms with Crippen LogP contribution < -0.4 is 0 Å². The Balaban J connectivity index is 2.44. The van der Waals surface area contributed by atoms with Crippen LogP contribution in [0.3, 0.4) is 0 Å². The van der Waals surface area contributed by atoms with E-state index >= 15 is 0 Å². The Morgan fingerprint density at radius 2 is 1.69 bits per heavy atom. The SMILES string of the molecule is Cc1ccc(C)n1CCCC(C)C. The Bertz CT molecular complexity index is 239. The standard InChI is InChI=1S/C12H21N/c1-10(2)6-5-9-13-11(3)7-8-12(13)4/h7-8,10H,5-6,9H2,1-4H3. The topological polar surface area (TPSA) is 4.93 Å². The molecule has 0 fully saturated rings. The zero-order valence-corrected chi connectivity index (χ0v) is 9.30.